The van der Waals surface area contributed by atoms with Crippen LogP contribution < -0.4 is 0 Å². The smallest absolute Gasteiger partial charge is 0.330 e. The molecule has 0 rings (SSSR count). The molecule has 0 fully saturated rings. The molecule has 0 atom stereocenters. The molecule has 4 nitrogen and oxygen atoms in total. The second-order valence-electron chi connectivity index (χ2n) is 3.82. The van der Waals surface area contributed by atoms with E-state index in [1.54, 1.807) is 0 Å². The summed E-state index contributed by atoms with van der Waals surface area (Å²) in [6.45, 7) is 5.87. The van der Waals surface area contributed by atoms with E-state index in [2.05, 4.69) is 9.47 Å². The van der Waals surface area contributed by atoms with Gasteiger partial charge in [0.25, 0.3) is 0 Å². The van der Waals surface area contributed by atoms with Gasteiger partial charge < -0.3 is 9.47 Å². The van der Waals surface area contributed by atoms with Gasteiger partial charge in [-0.05, 0) is 0 Å². The van der Waals surface area contributed by atoms with Crippen LogP contribution in [0, 0.1) is 0 Å². The Morgan fingerprint density at radius 2 is 1.57 bits per heavy atom. The quantitative estimate of drug-likeness (QED) is 0.403. The Labute approximate surface area is 84.9 Å². The van der Waals surface area contributed by atoms with Gasteiger partial charge in [0, 0.05) is 11.3 Å². The molecule has 0 aliphatic carbocycles. The maximum atomic E-state index is 11.3. The monoisotopic (exact) mass is 216 g/mol. The zero-order chi connectivity index (χ0) is 11.4. The fourth-order valence-corrected chi connectivity index (χ4v) is 2.13. The molecule has 80 valence electrons. The van der Waals surface area contributed by atoms with Crippen molar-refractivity contribution in [2.45, 2.75) is 19.6 Å². The van der Waals surface area contributed by atoms with Crippen LogP contribution in [0.3, 0.4) is 0 Å². The molecule has 0 spiro atoms. The lowest BCUT2D eigenvalue weighted by molar-refractivity contribution is -0.138. The Kier molecular flexibility index (Phi) is 4.56. The van der Waals surface area contributed by atoms with Crippen LogP contribution in [0.1, 0.15) is 0 Å². The van der Waals surface area contributed by atoms with E-state index in [0.717, 1.165) is 0 Å². The van der Waals surface area contributed by atoms with Crippen LogP contribution in [0.5, 0.6) is 0 Å². The first-order chi connectivity index (χ1) is 6.32. The van der Waals surface area contributed by atoms with Crippen molar-refractivity contribution in [3.05, 3.63) is 11.3 Å². The minimum Gasteiger partial charge on any atom is -0.466 e. The van der Waals surface area contributed by atoms with Crippen molar-refractivity contribution in [2.24, 2.45) is 0 Å². The van der Waals surface area contributed by atoms with Crippen LogP contribution in [-0.2, 0) is 19.1 Å². The molecular weight excluding hydrogens is 200 g/mol. The third-order valence-corrected chi connectivity index (χ3v) is 3.64. The summed E-state index contributed by atoms with van der Waals surface area (Å²) < 4.78 is 9.07. The number of hydrogen-bond acceptors (Lipinski definition) is 4. The van der Waals surface area contributed by atoms with E-state index in [9.17, 15) is 9.59 Å². The highest BCUT2D eigenvalue weighted by Crippen LogP contribution is 2.15. The number of carbonyl (C=O) groups excluding carboxylic acids is 2. The molecule has 0 saturated carbocycles. The molecule has 0 aromatic heterocycles. The summed E-state index contributed by atoms with van der Waals surface area (Å²) in [5.41, 5.74) is 0. The fourth-order valence-electron chi connectivity index (χ4n) is 0.868. The predicted octanol–water partition coefficient (Wildman–Crippen LogP) is 1.14. The molecular formula is C9H16O4Si. The van der Waals surface area contributed by atoms with E-state index < -0.39 is 20.0 Å². The van der Waals surface area contributed by atoms with Gasteiger partial charge in [0.15, 0.2) is 0 Å². The van der Waals surface area contributed by atoms with E-state index in [4.69, 9.17) is 0 Å². The van der Waals surface area contributed by atoms with Crippen molar-refractivity contribution in [3.8, 4) is 0 Å². The summed E-state index contributed by atoms with van der Waals surface area (Å²) in [4.78, 5) is 22.4. The van der Waals surface area contributed by atoms with E-state index in [-0.39, 0.29) is 0 Å². The number of ether oxygens (including phenoxy) is 2. The zero-order valence-electron chi connectivity index (χ0n) is 9.21. The molecule has 0 aliphatic rings. The van der Waals surface area contributed by atoms with Gasteiger partial charge >= 0.3 is 11.9 Å². The molecule has 0 heterocycles. The van der Waals surface area contributed by atoms with E-state index in [0.29, 0.717) is 5.20 Å². The van der Waals surface area contributed by atoms with E-state index >= 15 is 0 Å². The van der Waals surface area contributed by atoms with Gasteiger partial charge in [-0.1, -0.05) is 19.6 Å². The van der Waals surface area contributed by atoms with Crippen molar-refractivity contribution in [3.63, 3.8) is 0 Å². The highest BCUT2D eigenvalue weighted by Gasteiger charge is 2.27. The van der Waals surface area contributed by atoms with Crippen LogP contribution in [0.4, 0.5) is 0 Å². The summed E-state index contributed by atoms with van der Waals surface area (Å²) in [6, 6.07) is 0. The summed E-state index contributed by atoms with van der Waals surface area (Å²) in [5.74, 6) is -0.970. The highest BCUT2D eigenvalue weighted by atomic mass is 28.3. The van der Waals surface area contributed by atoms with E-state index in [1.807, 2.05) is 19.6 Å². The third-order valence-electron chi connectivity index (χ3n) is 1.68. The summed E-state index contributed by atoms with van der Waals surface area (Å²) in [6.07, 6.45) is 1.22. The molecule has 0 aromatic carbocycles. The topological polar surface area (TPSA) is 52.6 Å². The Hall–Kier alpha value is -1.10. The van der Waals surface area contributed by atoms with Crippen molar-refractivity contribution >= 4 is 20.0 Å². The van der Waals surface area contributed by atoms with Crippen molar-refractivity contribution in [1.82, 2.24) is 0 Å². The zero-order valence-corrected chi connectivity index (χ0v) is 10.2. The maximum absolute atomic E-state index is 11.3. The van der Waals surface area contributed by atoms with E-state index in [1.165, 1.54) is 20.3 Å². The first-order valence-corrected chi connectivity index (χ1v) is 7.71. The van der Waals surface area contributed by atoms with Gasteiger partial charge in [-0.15, -0.1) is 0 Å². The van der Waals surface area contributed by atoms with Gasteiger partial charge in [0.05, 0.1) is 22.3 Å². The molecule has 14 heavy (non-hydrogen) atoms. The molecule has 5 heteroatoms. The summed E-state index contributed by atoms with van der Waals surface area (Å²) >= 11 is 0. The van der Waals surface area contributed by atoms with Gasteiger partial charge in [-0.2, -0.15) is 0 Å². The number of carbonyl (C=O) groups is 2. The van der Waals surface area contributed by atoms with Gasteiger partial charge in [-0.3, -0.25) is 0 Å². The van der Waals surface area contributed by atoms with Crippen LogP contribution in [0.25, 0.3) is 0 Å². The Morgan fingerprint density at radius 3 is 1.86 bits per heavy atom. The average Bonchev–Trinajstić information content (AvgIpc) is 2.10. The van der Waals surface area contributed by atoms with Crippen molar-refractivity contribution < 1.29 is 19.1 Å². The lowest BCUT2D eigenvalue weighted by Gasteiger charge is -2.17. The molecule has 0 aromatic rings. The second kappa shape index (κ2) is 4.95. The molecule has 0 N–H and O–H groups in total. The predicted molar refractivity (Wildman–Crippen MR) is 55.5 cm³/mol. The van der Waals surface area contributed by atoms with Crippen LogP contribution in [0.15, 0.2) is 11.3 Å². The first-order valence-electron chi connectivity index (χ1n) is 4.21. The summed E-state index contributed by atoms with van der Waals surface area (Å²) in [5, 5.41) is 0.437. The number of hydrogen-bond donors (Lipinski definition) is 0. The lowest BCUT2D eigenvalue weighted by atomic mass is 10.5. The molecule has 0 radical (unpaired) electrons. The number of rotatable bonds is 3. The fraction of sp³-hybridized carbons (Fsp3) is 0.556. The average molecular weight is 216 g/mol. The lowest BCUT2D eigenvalue weighted by Crippen LogP contribution is -2.31. The normalized spacial score (nSPS) is 12.2. The molecule has 0 amide bonds. The SMILES string of the molecule is COC(=O)C=C(C(=O)OC)[Si](C)(C)C. The Balaban J connectivity index is 5.02. The van der Waals surface area contributed by atoms with Gasteiger partial charge in [-0.25, -0.2) is 9.59 Å². The Bertz CT molecular complexity index is 262. The van der Waals surface area contributed by atoms with Gasteiger partial charge in [0.1, 0.15) is 0 Å². The third kappa shape index (κ3) is 3.74. The van der Waals surface area contributed by atoms with Crippen molar-refractivity contribution in [1.29, 1.82) is 0 Å². The van der Waals surface area contributed by atoms with Gasteiger partial charge in [0.2, 0.25) is 0 Å². The standard InChI is InChI=1S/C9H16O4Si/c1-12-8(10)6-7(9(11)13-2)14(3,4)5/h6H,1-5H3. The first kappa shape index (κ1) is 12.9. The van der Waals surface area contributed by atoms with Crippen molar-refractivity contribution in [2.75, 3.05) is 14.2 Å². The van der Waals surface area contributed by atoms with Crippen LogP contribution >= 0.6 is 0 Å². The minimum absolute atomic E-state index is 0.437. The maximum Gasteiger partial charge on any atom is 0.330 e. The largest absolute Gasteiger partial charge is 0.466 e. The molecule has 0 bridgehead atoms. The molecule has 0 saturated heterocycles. The number of methoxy groups -OCH3 is 2. The number of esters is 2. The molecule has 0 aliphatic heterocycles. The minimum atomic E-state index is -1.86. The van der Waals surface area contributed by atoms with Crippen LogP contribution in [-0.4, -0.2) is 34.2 Å². The highest BCUT2D eigenvalue weighted by molar-refractivity contribution is 6.87. The summed E-state index contributed by atoms with van der Waals surface area (Å²) in [7, 11) is 0.711. The molecule has 0 unspecified atom stereocenters. The Morgan fingerprint density at radius 1 is 1.07 bits per heavy atom. The second-order valence-corrected chi connectivity index (χ2v) is 8.86. The van der Waals surface area contributed by atoms with Crippen LogP contribution in [0.2, 0.25) is 19.6 Å².